The standard InChI is InChI=1S/C24H28FN3O2/c1-17-5-6-20(16-22(17)25)24(30)28-13-11-27(12-14-28)10-9-23(29)26-21-8-7-18-3-2-4-19(18)15-21/h5-8,15-16H,2-4,9-14H2,1H3,(H,26,29). The lowest BCUT2D eigenvalue weighted by molar-refractivity contribution is -0.116. The Morgan fingerprint density at radius 1 is 1.00 bits per heavy atom. The predicted octanol–water partition coefficient (Wildman–Crippen LogP) is 3.41. The Morgan fingerprint density at radius 2 is 1.77 bits per heavy atom. The summed E-state index contributed by atoms with van der Waals surface area (Å²) in [7, 11) is 0. The van der Waals surface area contributed by atoms with Crippen LogP contribution in [0.25, 0.3) is 0 Å². The van der Waals surface area contributed by atoms with Gasteiger partial charge in [-0.2, -0.15) is 0 Å². The molecule has 0 unspecified atom stereocenters. The molecule has 5 nitrogen and oxygen atoms in total. The number of carbonyl (C=O) groups excluding carboxylic acids is 2. The van der Waals surface area contributed by atoms with Crippen LogP contribution in [0, 0.1) is 12.7 Å². The molecule has 2 aromatic rings. The maximum absolute atomic E-state index is 13.7. The van der Waals surface area contributed by atoms with Crippen molar-refractivity contribution < 1.29 is 14.0 Å². The second-order valence-electron chi connectivity index (χ2n) is 8.23. The molecule has 0 aromatic heterocycles. The number of benzene rings is 2. The average Bonchev–Trinajstić information content (AvgIpc) is 3.22. The Morgan fingerprint density at radius 3 is 2.53 bits per heavy atom. The topological polar surface area (TPSA) is 52.7 Å². The van der Waals surface area contributed by atoms with Crippen molar-refractivity contribution in [2.45, 2.75) is 32.6 Å². The van der Waals surface area contributed by atoms with E-state index >= 15 is 0 Å². The number of rotatable bonds is 5. The van der Waals surface area contributed by atoms with E-state index in [1.807, 2.05) is 6.07 Å². The van der Waals surface area contributed by atoms with Crippen molar-refractivity contribution in [2.75, 3.05) is 38.0 Å². The Labute approximate surface area is 176 Å². The molecule has 4 rings (SSSR count). The van der Waals surface area contributed by atoms with Crippen LogP contribution >= 0.6 is 0 Å². The van der Waals surface area contributed by atoms with E-state index in [0.29, 0.717) is 50.3 Å². The van der Waals surface area contributed by atoms with Gasteiger partial charge < -0.3 is 10.2 Å². The zero-order chi connectivity index (χ0) is 21.1. The van der Waals surface area contributed by atoms with Gasteiger partial charge in [-0.15, -0.1) is 0 Å². The summed E-state index contributed by atoms with van der Waals surface area (Å²) in [5.74, 6) is -0.474. The van der Waals surface area contributed by atoms with Crippen LogP contribution in [0.5, 0.6) is 0 Å². The number of amides is 2. The minimum atomic E-state index is -0.353. The van der Waals surface area contributed by atoms with Crippen LogP contribution in [0.15, 0.2) is 36.4 Å². The molecule has 1 N–H and O–H groups in total. The summed E-state index contributed by atoms with van der Waals surface area (Å²) in [6.07, 6.45) is 3.85. The first kappa shape index (κ1) is 20.5. The zero-order valence-electron chi connectivity index (χ0n) is 17.4. The number of hydrogen-bond donors (Lipinski definition) is 1. The molecule has 0 atom stereocenters. The SMILES string of the molecule is Cc1ccc(C(=O)N2CCN(CCC(=O)Nc3ccc4c(c3)CCC4)CC2)cc1F. The Kier molecular flexibility index (Phi) is 6.13. The highest BCUT2D eigenvalue weighted by Gasteiger charge is 2.23. The molecule has 2 amide bonds. The first-order valence-electron chi connectivity index (χ1n) is 10.7. The molecular weight excluding hydrogens is 381 g/mol. The van der Waals surface area contributed by atoms with E-state index in [4.69, 9.17) is 0 Å². The van der Waals surface area contributed by atoms with Crippen molar-refractivity contribution in [3.05, 3.63) is 64.5 Å². The summed E-state index contributed by atoms with van der Waals surface area (Å²) in [4.78, 5) is 28.9. The smallest absolute Gasteiger partial charge is 0.254 e. The van der Waals surface area contributed by atoms with Crippen LogP contribution in [0.2, 0.25) is 0 Å². The molecule has 1 aliphatic heterocycles. The van der Waals surface area contributed by atoms with E-state index in [1.54, 1.807) is 24.0 Å². The van der Waals surface area contributed by atoms with E-state index < -0.39 is 0 Å². The lowest BCUT2D eigenvalue weighted by Gasteiger charge is -2.34. The van der Waals surface area contributed by atoms with Crippen LogP contribution < -0.4 is 5.32 Å². The molecule has 158 valence electrons. The van der Waals surface area contributed by atoms with Gasteiger partial charge in [-0.1, -0.05) is 12.1 Å². The summed E-state index contributed by atoms with van der Waals surface area (Å²) in [6.45, 7) is 4.95. The minimum Gasteiger partial charge on any atom is -0.336 e. The summed E-state index contributed by atoms with van der Waals surface area (Å²) in [6, 6.07) is 10.8. The molecule has 0 saturated carbocycles. The maximum Gasteiger partial charge on any atom is 0.254 e. The molecule has 0 spiro atoms. The molecule has 0 radical (unpaired) electrons. The molecular formula is C24H28FN3O2. The largest absolute Gasteiger partial charge is 0.336 e. The summed E-state index contributed by atoms with van der Waals surface area (Å²) in [5.41, 5.74) is 4.55. The number of nitrogens with one attached hydrogen (secondary N) is 1. The van der Waals surface area contributed by atoms with Crippen LogP contribution in [0.3, 0.4) is 0 Å². The van der Waals surface area contributed by atoms with Gasteiger partial charge >= 0.3 is 0 Å². The number of anilines is 1. The van der Waals surface area contributed by atoms with Crippen molar-refractivity contribution in [3.8, 4) is 0 Å². The van der Waals surface area contributed by atoms with E-state index in [-0.39, 0.29) is 17.6 Å². The molecule has 1 heterocycles. The normalized spacial score (nSPS) is 16.4. The van der Waals surface area contributed by atoms with Gasteiger partial charge in [0.05, 0.1) is 0 Å². The third-order valence-electron chi connectivity index (χ3n) is 6.12. The van der Waals surface area contributed by atoms with Crippen LogP contribution in [0.1, 0.15) is 39.9 Å². The highest BCUT2D eigenvalue weighted by molar-refractivity contribution is 5.94. The van der Waals surface area contributed by atoms with Gasteiger partial charge in [0.15, 0.2) is 0 Å². The fourth-order valence-electron chi connectivity index (χ4n) is 4.22. The Bertz CT molecular complexity index is 951. The molecule has 2 aliphatic rings. The lowest BCUT2D eigenvalue weighted by atomic mass is 10.1. The summed E-state index contributed by atoms with van der Waals surface area (Å²) in [5, 5.41) is 3.00. The van der Waals surface area contributed by atoms with Gasteiger partial charge in [-0.25, -0.2) is 4.39 Å². The number of halogens is 1. The number of piperazine rings is 1. The van der Waals surface area contributed by atoms with E-state index in [2.05, 4.69) is 22.3 Å². The van der Waals surface area contributed by atoms with Crippen LogP contribution in [-0.2, 0) is 17.6 Å². The average molecular weight is 410 g/mol. The number of aryl methyl sites for hydroxylation is 3. The van der Waals surface area contributed by atoms with Crippen LogP contribution in [0.4, 0.5) is 10.1 Å². The number of hydrogen-bond acceptors (Lipinski definition) is 3. The van der Waals surface area contributed by atoms with Crippen molar-refractivity contribution in [1.82, 2.24) is 9.80 Å². The summed E-state index contributed by atoms with van der Waals surface area (Å²) >= 11 is 0. The molecule has 2 aromatic carbocycles. The second kappa shape index (κ2) is 8.96. The minimum absolute atomic E-state index is 0.0154. The highest BCUT2D eigenvalue weighted by Crippen LogP contribution is 2.25. The van der Waals surface area contributed by atoms with Gasteiger partial charge in [0.25, 0.3) is 5.91 Å². The zero-order valence-corrected chi connectivity index (χ0v) is 17.4. The number of fused-ring (bicyclic) bond motifs is 1. The lowest BCUT2D eigenvalue weighted by Crippen LogP contribution is -2.49. The van der Waals surface area contributed by atoms with Crippen molar-refractivity contribution in [3.63, 3.8) is 0 Å². The third-order valence-corrected chi connectivity index (χ3v) is 6.12. The monoisotopic (exact) mass is 409 g/mol. The van der Waals surface area contributed by atoms with Crippen molar-refractivity contribution >= 4 is 17.5 Å². The Hall–Kier alpha value is -2.73. The molecule has 6 heteroatoms. The van der Waals surface area contributed by atoms with E-state index in [1.165, 1.54) is 23.6 Å². The predicted molar refractivity (Wildman–Crippen MR) is 115 cm³/mol. The highest BCUT2D eigenvalue weighted by atomic mass is 19.1. The van der Waals surface area contributed by atoms with Gasteiger partial charge in [-0.05, 0) is 67.1 Å². The molecule has 1 saturated heterocycles. The molecule has 30 heavy (non-hydrogen) atoms. The van der Waals surface area contributed by atoms with Gasteiger partial charge in [0.1, 0.15) is 5.82 Å². The van der Waals surface area contributed by atoms with Gasteiger partial charge in [0, 0.05) is 50.4 Å². The van der Waals surface area contributed by atoms with Crippen LogP contribution in [-0.4, -0.2) is 54.3 Å². The van der Waals surface area contributed by atoms with Crippen molar-refractivity contribution in [1.29, 1.82) is 0 Å². The fourth-order valence-corrected chi connectivity index (χ4v) is 4.22. The van der Waals surface area contributed by atoms with E-state index in [9.17, 15) is 14.0 Å². The maximum atomic E-state index is 13.7. The fraction of sp³-hybridized carbons (Fsp3) is 0.417. The number of carbonyl (C=O) groups is 2. The second-order valence-corrected chi connectivity index (χ2v) is 8.23. The number of nitrogens with zero attached hydrogens (tertiary/aromatic N) is 2. The molecule has 1 aliphatic carbocycles. The van der Waals surface area contributed by atoms with E-state index in [0.717, 1.165) is 18.5 Å². The molecule has 1 fully saturated rings. The Balaban J connectivity index is 1.22. The summed E-state index contributed by atoms with van der Waals surface area (Å²) < 4.78 is 13.7. The third kappa shape index (κ3) is 4.70. The quantitative estimate of drug-likeness (QED) is 0.824. The van der Waals surface area contributed by atoms with Gasteiger partial charge in [-0.3, -0.25) is 14.5 Å². The van der Waals surface area contributed by atoms with Crippen molar-refractivity contribution in [2.24, 2.45) is 0 Å². The van der Waals surface area contributed by atoms with Gasteiger partial charge in [0.2, 0.25) is 5.91 Å². The first-order valence-corrected chi connectivity index (χ1v) is 10.7. The first-order chi connectivity index (χ1) is 14.5. The molecule has 0 bridgehead atoms.